The lowest BCUT2D eigenvalue weighted by molar-refractivity contribution is -0.123. The Hall–Kier alpha value is -2.82. The van der Waals surface area contributed by atoms with Crippen LogP contribution < -0.4 is 15.0 Å². The molecule has 0 bridgehead atoms. The summed E-state index contributed by atoms with van der Waals surface area (Å²) in [5.74, 6) is 0.538. The van der Waals surface area contributed by atoms with Crippen molar-refractivity contribution in [3.05, 3.63) is 59.7 Å². The largest absolute Gasteiger partial charge is 0.484 e. The van der Waals surface area contributed by atoms with E-state index >= 15 is 0 Å². The van der Waals surface area contributed by atoms with E-state index in [4.69, 9.17) is 4.74 Å². The molecule has 2 amide bonds. The summed E-state index contributed by atoms with van der Waals surface area (Å²) in [5, 5.41) is 2.96. The van der Waals surface area contributed by atoms with Crippen molar-refractivity contribution in [2.75, 3.05) is 18.1 Å². The fourth-order valence-corrected chi connectivity index (χ4v) is 3.24. The minimum atomic E-state index is -0.177. The van der Waals surface area contributed by atoms with Crippen LogP contribution in [0.1, 0.15) is 36.9 Å². The van der Waals surface area contributed by atoms with Gasteiger partial charge in [0.2, 0.25) is 5.91 Å². The predicted molar refractivity (Wildman–Crippen MR) is 101 cm³/mol. The van der Waals surface area contributed by atoms with Gasteiger partial charge in [-0.2, -0.15) is 0 Å². The molecule has 2 aromatic carbocycles. The van der Waals surface area contributed by atoms with Crippen LogP contribution in [-0.2, 0) is 9.59 Å². The summed E-state index contributed by atoms with van der Waals surface area (Å²) >= 11 is 0. The number of amides is 2. The molecule has 3 rings (SSSR count). The molecule has 0 saturated carbocycles. The molecule has 5 nitrogen and oxygen atoms in total. The summed E-state index contributed by atoms with van der Waals surface area (Å²) in [7, 11) is 0. The second kappa shape index (κ2) is 8.04. The molecule has 1 saturated heterocycles. The van der Waals surface area contributed by atoms with Crippen LogP contribution in [0.2, 0.25) is 0 Å². The number of benzene rings is 2. The van der Waals surface area contributed by atoms with Crippen molar-refractivity contribution in [1.29, 1.82) is 0 Å². The molecule has 1 aliphatic rings. The number of hydrogen-bond donors (Lipinski definition) is 1. The Morgan fingerprint density at radius 3 is 2.77 bits per heavy atom. The molecule has 0 aliphatic carbocycles. The van der Waals surface area contributed by atoms with Crippen LogP contribution in [0, 0.1) is 6.92 Å². The number of aryl methyl sites for hydroxylation is 1. The quantitative estimate of drug-likeness (QED) is 0.867. The Balaban J connectivity index is 1.56. The first kappa shape index (κ1) is 18.0. The molecule has 1 atom stereocenters. The van der Waals surface area contributed by atoms with Gasteiger partial charge in [-0.25, -0.2) is 0 Å². The molecule has 1 aliphatic heterocycles. The van der Waals surface area contributed by atoms with E-state index in [-0.39, 0.29) is 24.5 Å². The number of hydrogen-bond acceptors (Lipinski definition) is 3. The lowest BCUT2D eigenvalue weighted by atomic mass is 10.0. The van der Waals surface area contributed by atoms with E-state index in [1.165, 1.54) is 0 Å². The van der Waals surface area contributed by atoms with Crippen molar-refractivity contribution in [3.63, 3.8) is 0 Å². The maximum atomic E-state index is 12.2. The van der Waals surface area contributed by atoms with Crippen molar-refractivity contribution in [1.82, 2.24) is 5.32 Å². The van der Waals surface area contributed by atoms with Gasteiger partial charge in [-0.15, -0.1) is 0 Å². The van der Waals surface area contributed by atoms with Gasteiger partial charge in [0.05, 0.1) is 6.04 Å². The minimum Gasteiger partial charge on any atom is -0.484 e. The molecule has 2 aromatic rings. The number of anilines is 1. The van der Waals surface area contributed by atoms with E-state index in [0.717, 1.165) is 29.8 Å². The predicted octanol–water partition coefficient (Wildman–Crippen LogP) is 3.38. The van der Waals surface area contributed by atoms with Gasteiger partial charge in [0.15, 0.2) is 6.61 Å². The van der Waals surface area contributed by atoms with Crippen LogP contribution in [0.15, 0.2) is 48.5 Å². The zero-order valence-corrected chi connectivity index (χ0v) is 15.2. The average Bonchev–Trinajstić information content (AvgIpc) is 3.06. The normalized spacial score (nSPS) is 15.0. The van der Waals surface area contributed by atoms with Crippen LogP contribution in [0.5, 0.6) is 5.75 Å². The third kappa shape index (κ3) is 4.23. The van der Waals surface area contributed by atoms with Crippen LogP contribution in [-0.4, -0.2) is 25.0 Å². The van der Waals surface area contributed by atoms with Gasteiger partial charge in [-0.3, -0.25) is 9.59 Å². The van der Waals surface area contributed by atoms with E-state index < -0.39 is 0 Å². The van der Waals surface area contributed by atoms with Gasteiger partial charge in [0.25, 0.3) is 5.91 Å². The van der Waals surface area contributed by atoms with Gasteiger partial charge in [-0.05, 0) is 43.5 Å². The molecule has 1 N–H and O–H groups in total. The second-order valence-electron chi connectivity index (χ2n) is 6.58. The monoisotopic (exact) mass is 352 g/mol. The Morgan fingerprint density at radius 2 is 2.04 bits per heavy atom. The van der Waals surface area contributed by atoms with Gasteiger partial charge >= 0.3 is 0 Å². The standard InChI is InChI=1S/C21H24N2O3/c1-15-7-3-4-10-19(15)16(2)22-20(24)14-26-18-9-5-8-17(13-18)23-12-6-11-21(23)25/h3-5,7-10,13,16H,6,11-12,14H2,1-2H3,(H,22,24)/t16-/m0/s1. The van der Waals surface area contributed by atoms with Crippen molar-refractivity contribution < 1.29 is 14.3 Å². The fraction of sp³-hybridized carbons (Fsp3) is 0.333. The maximum absolute atomic E-state index is 12.2. The zero-order valence-electron chi connectivity index (χ0n) is 15.2. The number of nitrogens with zero attached hydrogens (tertiary/aromatic N) is 1. The highest BCUT2D eigenvalue weighted by Gasteiger charge is 2.22. The third-order valence-electron chi connectivity index (χ3n) is 4.61. The van der Waals surface area contributed by atoms with Crippen molar-refractivity contribution >= 4 is 17.5 Å². The fourth-order valence-electron chi connectivity index (χ4n) is 3.24. The smallest absolute Gasteiger partial charge is 0.258 e. The van der Waals surface area contributed by atoms with Crippen molar-refractivity contribution in [3.8, 4) is 5.75 Å². The lowest BCUT2D eigenvalue weighted by Crippen LogP contribution is -2.31. The molecule has 0 radical (unpaired) electrons. The van der Waals surface area contributed by atoms with Crippen molar-refractivity contribution in [2.45, 2.75) is 32.7 Å². The number of rotatable bonds is 6. The molecule has 1 heterocycles. The van der Waals surface area contributed by atoms with Crippen LogP contribution >= 0.6 is 0 Å². The number of nitrogens with one attached hydrogen (secondary N) is 1. The summed E-state index contributed by atoms with van der Waals surface area (Å²) < 4.78 is 5.62. The highest BCUT2D eigenvalue weighted by atomic mass is 16.5. The van der Waals surface area contributed by atoms with E-state index in [1.54, 1.807) is 17.0 Å². The SMILES string of the molecule is Cc1ccccc1[C@H](C)NC(=O)COc1cccc(N2CCCC2=O)c1. The topological polar surface area (TPSA) is 58.6 Å². The number of ether oxygens (including phenoxy) is 1. The summed E-state index contributed by atoms with van der Waals surface area (Å²) in [6, 6.07) is 15.2. The Labute approximate surface area is 154 Å². The summed E-state index contributed by atoms with van der Waals surface area (Å²) in [6.45, 7) is 4.66. The first-order valence-corrected chi connectivity index (χ1v) is 8.93. The molecule has 5 heteroatoms. The van der Waals surface area contributed by atoms with Crippen LogP contribution in [0.3, 0.4) is 0 Å². The second-order valence-corrected chi connectivity index (χ2v) is 6.58. The highest BCUT2D eigenvalue weighted by molar-refractivity contribution is 5.95. The van der Waals surface area contributed by atoms with Gasteiger partial charge in [0.1, 0.15) is 5.75 Å². The van der Waals surface area contributed by atoms with E-state index in [9.17, 15) is 9.59 Å². The average molecular weight is 352 g/mol. The third-order valence-corrected chi connectivity index (χ3v) is 4.61. The summed E-state index contributed by atoms with van der Waals surface area (Å²) in [6.07, 6.45) is 1.47. The van der Waals surface area contributed by atoms with Gasteiger partial charge in [0, 0.05) is 24.7 Å². The summed E-state index contributed by atoms with van der Waals surface area (Å²) in [5.41, 5.74) is 3.05. The molecule has 0 spiro atoms. The van der Waals surface area contributed by atoms with Gasteiger partial charge in [-0.1, -0.05) is 30.3 Å². The lowest BCUT2D eigenvalue weighted by Gasteiger charge is -2.18. The number of carbonyl (C=O) groups is 2. The number of carbonyl (C=O) groups excluding carboxylic acids is 2. The van der Waals surface area contributed by atoms with E-state index in [0.29, 0.717) is 12.2 Å². The molecular weight excluding hydrogens is 328 g/mol. The van der Waals surface area contributed by atoms with Gasteiger partial charge < -0.3 is 15.0 Å². The molecule has 136 valence electrons. The molecule has 0 aromatic heterocycles. The van der Waals surface area contributed by atoms with Crippen molar-refractivity contribution in [2.24, 2.45) is 0 Å². The van der Waals surface area contributed by atoms with Crippen LogP contribution in [0.4, 0.5) is 5.69 Å². The Bertz CT molecular complexity index is 803. The first-order valence-electron chi connectivity index (χ1n) is 8.93. The van der Waals surface area contributed by atoms with Crippen LogP contribution in [0.25, 0.3) is 0 Å². The minimum absolute atomic E-state index is 0.0619. The van der Waals surface area contributed by atoms with E-state index in [1.807, 2.05) is 50.2 Å². The zero-order chi connectivity index (χ0) is 18.5. The van der Waals surface area contributed by atoms with E-state index in [2.05, 4.69) is 5.32 Å². The Kier molecular flexibility index (Phi) is 5.56. The molecule has 26 heavy (non-hydrogen) atoms. The Morgan fingerprint density at radius 1 is 1.23 bits per heavy atom. The maximum Gasteiger partial charge on any atom is 0.258 e. The molecular formula is C21H24N2O3. The first-order chi connectivity index (χ1) is 12.5. The molecule has 0 unspecified atom stereocenters. The molecule has 1 fully saturated rings. The summed E-state index contributed by atoms with van der Waals surface area (Å²) in [4.78, 5) is 25.8. The highest BCUT2D eigenvalue weighted by Crippen LogP contribution is 2.25.